The normalized spacial score (nSPS) is 14.7. The average Bonchev–Trinajstić information content (AvgIpc) is 2.68. The standard InChI is InChI=1S/C21H24ClN3O2/c1-24(2)17-9-7-16(8-10-17)23-20(26)15-11-13-25(14-12-15)21(27)18-5-3-4-6-19(18)22/h3-10,15H,11-14H2,1-2H3,(H,23,26). The van der Waals surface area contributed by atoms with Crippen LogP contribution in [0.5, 0.6) is 0 Å². The number of amides is 2. The van der Waals surface area contributed by atoms with Crippen molar-refractivity contribution in [3.8, 4) is 0 Å². The van der Waals surface area contributed by atoms with E-state index in [1.165, 1.54) is 0 Å². The number of carbonyl (C=O) groups is 2. The molecule has 1 aliphatic heterocycles. The molecule has 0 unspecified atom stereocenters. The Morgan fingerprint density at radius 2 is 1.67 bits per heavy atom. The van der Waals surface area contributed by atoms with E-state index in [4.69, 9.17) is 11.6 Å². The zero-order valence-electron chi connectivity index (χ0n) is 15.6. The second-order valence-corrected chi connectivity index (χ2v) is 7.38. The van der Waals surface area contributed by atoms with Gasteiger partial charge in [-0.05, 0) is 49.2 Å². The molecule has 6 heteroatoms. The summed E-state index contributed by atoms with van der Waals surface area (Å²) in [6.45, 7) is 1.11. The van der Waals surface area contributed by atoms with Gasteiger partial charge >= 0.3 is 0 Å². The van der Waals surface area contributed by atoms with Gasteiger partial charge in [0, 0.05) is 44.5 Å². The number of likely N-dealkylation sites (tertiary alicyclic amines) is 1. The maximum atomic E-state index is 12.6. The van der Waals surface area contributed by atoms with Crippen molar-refractivity contribution in [2.45, 2.75) is 12.8 Å². The van der Waals surface area contributed by atoms with Gasteiger partial charge < -0.3 is 15.1 Å². The van der Waals surface area contributed by atoms with E-state index in [0.717, 1.165) is 11.4 Å². The highest BCUT2D eigenvalue weighted by molar-refractivity contribution is 6.33. The number of nitrogens with zero attached hydrogens (tertiary/aromatic N) is 2. The molecule has 0 saturated carbocycles. The first-order chi connectivity index (χ1) is 13.0. The van der Waals surface area contributed by atoms with Crippen LogP contribution in [0.1, 0.15) is 23.2 Å². The van der Waals surface area contributed by atoms with Gasteiger partial charge in [-0.3, -0.25) is 9.59 Å². The van der Waals surface area contributed by atoms with Gasteiger partial charge in [0.25, 0.3) is 5.91 Å². The van der Waals surface area contributed by atoms with E-state index < -0.39 is 0 Å². The zero-order chi connectivity index (χ0) is 19.4. The maximum Gasteiger partial charge on any atom is 0.255 e. The molecule has 0 bridgehead atoms. The van der Waals surface area contributed by atoms with Gasteiger partial charge in [-0.2, -0.15) is 0 Å². The molecule has 5 nitrogen and oxygen atoms in total. The smallest absolute Gasteiger partial charge is 0.255 e. The minimum atomic E-state index is -0.0891. The molecule has 1 heterocycles. The van der Waals surface area contributed by atoms with Crippen LogP contribution < -0.4 is 10.2 Å². The summed E-state index contributed by atoms with van der Waals surface area (Å²) >= 11 is 6.12. The van der Waals surface area contributed by atoms with Crippen LogP contribution in [0.4, 0.5) is 11.4 Å². The van der Waals surface area contributed by atoms with Gasteiger partial charge in [-0.1, -0.05) is 23.7 Å². The van der Waals surface area contributed by atoms with Gasteiger partial charge in [0.2, 0.25) is 5.91 Å². The lowest BCUT2D eigenvalue weighted by atomic mass is 9.95. The van der Waals surface area contributed by atoms with Crippen LogP contribution in [0.2, 0.25) is 5.02 Å². The Morgan fingerprint density at radius 3 is 2.26 bits per heavy atom. The van der Waals surface area contributed by atoms with Gasteiger partial charge in [0.1, 0.15) is 0 Å². The fourth-order valence-corrected chi connectivity index (χ4v) is 3.45. The number of benzene rings is 2. The van der Waals surface area contributed by atoms with Crippen molar-refractivity contribution < 1.29 is 9.59 Å². The highest BCUT2D eigenvalue weighted by Crippen LogP contribution is 2.24. The van der Waals surface area contributed by atoms with Crippen molar-refractivity contribution in [2.75, 3.05) is 37.4 Å². The highest BCUT2D eigenvalue weighted by atomic mass is 35.5. The van der Waals surface area contributed by atoms with Crippen LogP contribution in [0.25, 0.3) is 0 Å². The lowest BCUT2D eigenvalue weighted by Crippen LogP contribution is -2.41. The molecule has 0 aliphatic carbocycles. The van der Waals surface area contributed by atoms with E-state index in [-0.39, 0.29) is 17.7 Å². The third-order valence-corrected chi connectivity index (χ3v) is 5.24. The summed E-state index contributed by atoms with van der Waals surface area (Å²) in [7, 11) is 3.95. The number of piperidine rings is 1. The third-order valence-electron chi connectivity index (χ3n) is 4.91. The molecule has 27 heavy (non-hydrogen) atoms. The molecule has 2 aromatic rings. The SMILES string of the molecule is CN(C)c1ccc(NC(=O)C2CCN(C(=O)c3ccccc3Cl)CC2)cc1. The second-order valence-electron chi connectivity index (χ2n) is 6.98. The van der Waals surface area contributed by atoms with Crippen LogP contribution in [0.15, 0.2) is 48.5 Å². The first-order valence-electron chi connectivity index (χ1n) is 9.08. The number of rotatable bonds is 4. The number of hydrogen-bond acceptors (Lipinski definition) is 3. The van der Waals surface area contributed by atoms with E-state index >= 15 is 0 Å². The summed E-state index contributed by atoms with van der Waals surface area (Å²) in [5.74, 6) is -0.148. The van der Waals surface area contributed by atoms with E-state index in [2.05, 4.69) is 5.32 Å². The number of hydrogen-bond donors (Lipinski definition) is 1. The Morgan fingerprint density at radius 1 is 1.04 bits per heavy atom. The molecule has 1 N–H and O–H groups in total. The van der Waals surface area contributed by atoms with Gasteiger partial charge in [0.05, 0.1) is 10.6 Å². The molecule has 0 atom stereocenters. The number of anilines is 2. The Bertz CT molecular complexity index is 812. The van der Waals surface area contributed by atoms with Gasteiger partial charge in [-0.15, -0.1) is 0 Å². The third kappa shape index (κ3) is 4.61. The predicted molar refractivity (Wildman–Crippen MR) is 109 cm³/mol. The molecule has 0 radical (unpaired) electrons. The molecule has 1 aliphatic rings. The van der Waals surface area contributed by atoms with Crippen molar-refractivity contribution in [1.29, 1.82) is 0 Å². The summed E-state index contributed by atoms with van der Waals surface area (Å²) in [6, 6.07) is 14.8. The van der Waals surface area contributed by atoms with Crippen LogP contribution in [-0.4, -0.2) is 43.9 Å². The Labute approximate surface area is 164 Å². The van der Waals surface area contributed by atoms with Gasteiger partial charge in [0.15, 0.2) is 0 Å². The number of halogens is 1. The summed E-state index contributed by atoms with van der Waals surface area (Å²) in [6.07, 6.45) is 1.30. The van der Waals surface area contributed by atoms with Crippen molar-refractivity contribution in [1.82, 2.24) is 4.90 Å². The van der Waals surface area contributed by atoms with Crippen LogP contribution in [0, 0.1) is 5.92 Å². The predicted octanol–water partition coefficient (Wildman–Crippen LogP) is 3.90. The van der Waals surface area contributed by atoms with Crippen LogP contribution >= 0.6 is 11.6 Å². The molecule has 2 aromatic carbocycles. The van der Waals surface area contributed by atoms with Crippen molar-refractivity contribution in [3.05, 3.63) is 59.1 Å². The molecular formula is C21H24ClN3O2. The van der Waals surface area contributed by atoms with E-state index in [9.17, 15) is 9.59 Å². The highest BCUT2D eigenvalue weighted by Gasteiger charge is 2.28. The maximum absolute atomic E-state index is 12.6. The average molecular weight is 386 g/mol. The molecular weight excluding hydrogens is 362 g/mol. The molecule has 142 valence electrons. The first kappa shape index (κ1) is 19.2. The van der Waals surface area contributed by atoms with Crippen LogP contribution in [0.3, 0.4) is 0 Å². The quantitative estimate of drug-likeness (QED) is 0.868. The topological polar surface area (TPSA) is 52.7 Å². The number of carbonyl (C=O) groups excluding carboxylic acids is 2. The molecule has 2 amide bonds. The van der Waals surface area contributed by atoms with Crippen molar-refractivity contribution in [2.24, 2.45) is 5.92 Å². The number of nitrogens with one attached hydrogen (secondary N) is 1. The fraction of sp³-hybridized carbons (Fsp3) is 0.333. The molecule has 1 saturated heterocycles. The summed E-state index contributed by atoms with van der Waals surface area (Å²) < 4.78 is 0. The summed E-state index contributed by atoms with van der Waals surface area (Å²) in [5.41, 5.74) is 2.39. The molecule has 0 aromatic heterocycles. The second kappa shape index (κ2) is 8.44. The first-order valence-corrected chi connectivity index (χ1v) is 9.45. The minimum absolute atomic E-state index is 0.0115. The Balaban J connectivity index is 1.55. The largest absolute Gasteiger partial charge is 0.378 e. The van der Waals surface area contributed by atoms with E-state index in [1.807, 2.05) is 43.3 Å². The Kier molecular flexibility index (Phi) is 6.01. The monoisotopic (exact) mass is 385 g/mol. The lowest BCUT2D eigenvalue weighted by Gasteiger charge is -2.31. The summed E-state index contributed by atoms with van der Waals surface area (Å²) in [5, 5.41) is 3.44. The summed E-state index contributed by atoms with van der Waals surface area (Å²) in [4.78, 5) is 28.9. The van der Waals surface area contributed by atoms with Crippen molar-refractivity contribution in [3.63, 3.8) is 0 Å². The molecule has 0 spiro atoms. The van der Waals surface area contributed by atoms with E-state index in [0.29, 0.717) is 36.5 Å². The van der Waals surface area contributed by atoms with Gasteiger partial charge in [-0.25, -0.2) is 0 Å². The lowest BCUT2D eigenvalue weighted by molar-refractivity contribution is -0.121. The molecule has 3 rings (SSSR count). The van der Waals surface area contributed by atoms with Crippen molar-refractivity contribution >= 4 is 34.8 Å². The molecule has 1 fully saturated rings. The Hall–Kier alpha value is -2.53. The van der Waals surface area contributed by atoms with E-state index in [1.54, 1.807) is 29.2 Å². The van der Waals surface area contributed by atoms with Crippen LogP contribution in [-0.2, 0) is 4.79 Å². The zero-order valence-corrected chi connectivity index (χ0v) is 16.4. The minimum Gasteiger partial charge on any atom is -0.378 e. The fourth-order valence-electron chi connectivity index (χ4n) is 3.24.